The smallest absolute Gasteiger partial charge is 0.331 e. The molecule has 0 fully saturated rings. The molecule has 1 amide bonds. The highest BCUT2D eigenvalue weighted by atomic mass is 19.4. The highest BCUT2D eigenvalue weighted by Crippen LogP contribution is 2.40. The number of halogens is 3. The number of alkyl halides is 3. The van der Waals surface area contributed by atoms with Crippen LogP contribution in [0.5, 0.6) is 0 Å². The summed E-state index contributed by atoms with van der Waals surface area (Å²) in [5, 5.41) is 2.22. The fourth-order valence-electron chi connectivity index (χ4n) is 2.80. The van der Waals surface area contributed by atoms with Crippen molar-refractivity contribution in [1.29, 1.82) is 0 Å². The van der Waals surface area contributed by atoms with E-state index in [0.29, 0.717) is 11.3 Å². The molecule has 0 aliphatic carbocycles. The summed E-state index contributed by atoms with van der Waals surface area (Å²) in [6, 6.07) is 12.8. The van der Waals surface area contributed by atoms with Crippen LogP contribution in [-0.4, -0.2) is 40.0 Å². The molecule has 27 heavy (non-hydrogen) atoms. The number of carbonyl (C=O) groups is 1. The van der Waals surface area contributed by atoms with Crippen LogP contribution < -0.4 is 5.32 Å². The van der Waals surface area contributed by atoms with Gasteiger partial charge in [0.15, 0.2) is 0 Å². The molecule has 140 valence electrons. The molecule has 2 aromatic rings. The molecule has 1 atom stereocenters. The third-order valence-corrected chi connectivity index (χ3v) is 4.04. The molecule has 0 radical (unpaired) electrons. The Morgan fingerprint density at radius 2 is 1.89 bits per heavy atom. The second-order valence-electron chi connectivity index (χ2n) is 6.00. The van der Waals surface area contributed by atoms with Gasteiger partial charge in [0.05, 0.1) is 0 Å². The number of aromatic nitrogens is 1. The van der Waals surface area contributed by atoms with Crippen molar-refractivity contribution in [2.24, 2.45) is 4.99 Å². The fourth-order valence-corrected chi connectivity index (χ4v) is 2.80. The van der Waals surface area contributed by atoms with Crippen molar-refractivity contribution >= 4 is 17.6 Å². The molecule has 8 heteroatoms. The largest absolute Gasteiger partial charge is 0.442 e. The monoisotopic (exact) mass is 374 g/mol. The van der Waals surface area contributed by atoms with Gasteiger partial charge in [0.2, 0.25) is 0 Å². The minimum absolute atomic E-state index is 0.0713. The molecule has 0 spiro atoms. The van der Waals surface area contributed by atoms with Gasteiger partial charge in [-0.25, -0.2) is 9.98 Å². The first-order valence-electron chi connectivity index (χ1n) is 8.15. The third kappa shape index (κ3) is 3.30. The van der Waals surface area contributed by atoms with Crippen molar-refractivity contribution in [1.82, 2.24) is 9.88 Å². The molecule has 5 nitrogen and oxygen atoms in total. The first kappa shape index (κ1) is 18.6. The number of rotatable bonds is 5. The number of amidine groups is 1. The first-order chi connectivity index (χ1) is 12.8. The Morgan fingerprint density at radius 3 is 2.48 bits per heavy atom. The Hall–Kier alpha value is -3.16. The molecule has 3 rings (SSSR count). The summed E-state index contributed by atoms with van der Waals surface area (Å²) in [4.78, 5) is 21.7. The van der Waals surface area contributed by atoms with Crippen molar-refractivity contribution in [3.63, 3.8) is 0 Å². The topological polar surface area (TPSA) is 57.6 Å². The van der Waals surface area contributed by atoms with Crippen LogP contribution in [0.2, 0.25) is 0 Å². The molecule has 2 heterocycles. The van der Waals surface area contributed by atoms with Crippen LogP contribution in [0.4, 0.5) is 19.0 Å². The van der Waals surface area contributed by atoms with E-state index in [4.69, 9.17) is 0 Å². The summed E-state index contributed by atoms with van der Waals surface area (Å²) in [6.45, 7) is 5.07. The summed E-state index contributed by atoms with van der Waals surface area (Å²) in [7, 11) is 0. The van der Waals surface area contributed by atoms with E-state index in [1.807, 2.05) is 0 Å². The zero-order valence-corrected chi connectivity index (χ0v) is 14.5. The van der Waals surface area contributed by atoms with E-state index in [2.05, 4.69) is 21.9 Å². The van der Waals surface area contributed by atoms with Gasteiger partial charge < -0.3 is 5.32 Å². The second-order valence-corrected chi connectivity index (χ2v) is 6.00. The quantitative estimate of drug-likeness (QED) is 0.815. The minimum atomic E-state index is -4.98. The Balaban J connectivity index is 2.15. The molecule has 0 saturated heterocycles. The maximum atomic E-state index is 14.1. The van der Waals surface area contributed by atoms with Gasteiger partial charge in [-0.3, -0.25) is 9.69 Å². The number of nitrogens with zero attached hydrogens (tertiary/aromatic N) is 3. The Labute approximate surface area is 154 Å². The standard InChI is InChI=1S/C19H17F3N4O/c1-3-12-26-16(14-9-5-4-6-10-14)25-18(17(26)27,19(20,21)22)24-15-11-7-8-13(2)23-15/h3-11H,1,12H2,2H3,(H,23,24). The van der Waals surface area contributed by atoms with Crippen LogP contribution in [-0.2, 0) is 4.79 Å². The van der Waals surface area contributed by atoms with Crippen molar-refractivity contribution in [3.8, 4) is 0 Å². The van der Waals surface area contributed by atoms with Crippen LogP contribution in [0.25, 0.3) is 0 Å². The average Bonchev–Trinajstić information content (AvgIpc) is 2.90. The number of hydrogen-bond donors (Lipinski definition) is 1. The van der Waals surface area contributed by atoms with E-state index in [1.54, 1.807) is 49.4 Å². The molecule has 1 unspecified atom stereocenters. The van der Waals surface area contributed by atoms with Gasteiger partial charge in [-0.05, 0) is 19.1 Å². The van der Waals surface area contributed by atoms with Gasteiger partial charge in [-0.1, -0.05) is 42.5 Å². The minimum Gasteiger partial charge on any atom is -0.331 e. The predicted octanol–water partition coefficient (Wildman–Crippen LogP) is 3.54. The van der Waals surface area contributed by atoms with Crippen LogP contribution in [0.15, 0.2) is 66.2 Å². The van der Waals surface area contributed by atoms with E-state index in [1.165, 1.54) is 12.1 Å². The van der Waals surface area contributed by atoms with Crippen LogP contribution in [0.1, 0.15) is 11.3 Å². The Kier molecular flexibility index (Phi) is 4.73. The Morgan fingerprint density at radius 1 is 1.19 bits per heavy atom. The van der Waals surface area contributed by atoms with E-state index >= 15 is 0 Å². The van der Waals surface area contributed by atoms with Crippen molar-refractivity contribution < 1.29 is 18.0 Å². The maximum absolute atomic E-state index is 14.1. The van der Waals surface area contributed by atoms with Crippen LogP contribution in [0, 0.1) is 6.92 Å². The Bertz CT molecular complexity index is 895. The summed E-state index contributed by atoms with van der Waals surface area (Å²) >= 11 is 0. The van der Waals surface area contributed by atoms with E-state index in [-0.39, 0.29) is 18.2 Å². The van der Waals surface area contributed by atoms with Crippen LogP contribution in [0.3, 0.4) is 0 Å². The van der Waals surface area contributed by atoms with Crippen molar-refractivity contribution in [2.45, 2.75) is 18.8 Å². The number of aliphatic imine (C=N–C) groups is 1. The third-order valence-electron chi connectivity index (χ3n) is 4.04. The molecule has 1 aliphatic heterocycles. The van der Waals surface area contributed by atoms with Crippen molar-refractivity contribution in [2.75, 3.05) is 11.9 Å². The normalized spacial score (nSPS) is 19.8. The lowest BCUT2D eigenvalue weighted by atomic mass is 10.1. The van der Waals surface area contributed by atoms with E-state index in [0.717, 1.165) is 4.90 Å². The summed E-state index contributed by atoms with van der Waals surface area (Å²) < 4.78 is 42.3. The number of carbonyl (C=O) groups excluding carboxylic acids is 1. The molecular weight excluding hydrogens is 357 g/mol. The molecule has 0 saturated carbocycles. The lowest BCUT2D eigenvalue weighted by Gasteiger charge is -2.29. The number of nitrogens with one attached hydrogen (secondary N) is 1. The zero-order valence-electron chi connectivity index (χ0n) is 14.5. The SMILES string of the molecule is C=CCN1C(=O)C(Nc2cccc(C)n2)(C(F)(F)F)N=C1c1ccccc1. The lowest BCUT2D eigenvalue weighted by Crippen LogP contribution is -2.58. The summed E-state index contributed by atoms with van der Waals surface area (Å²) in [5.41, 5.74) is -2.24. The molecule has 0 bridgehead atoms. The van der Waals surface area contributed by atoms with E-state index < -0.39 is 17.7 Å². The number of amides is 1. The predicted molar refractivity (Wildman–Crippen MR) is 96.3 cm³/mol. The van der Waals surface area contributed by atoms with Gasteiger partial charge in [0.25, 0.3) is 5.91 Å². The highest BCUT2D eigenvalue weighted by molar-refractivity contribution is 6.16. The van der Waals surface area contributed by atoms with E-state index in [9.17, 15) is 18.0 Å². The van der Waals surface area contributed by atoms with Gasteiger partial charge >= 0.3 is 11.8 Å². The first-order valence-corrected chi connectivity index (χ1v) is 8.15. The number of aryl methyl sites for hydroxylation is 1. The van der Waals surface area contributed by atoms with Crippen molar-refractivity contribution in [3.05, 3.63) is 72.4 Å². The summed E-state index contributed by atoms with van der Waals surface area (Å²) in [5.74, 6) is -1.38. The number of pyridine rings is 1. The molecule has 1 aliphatic rings. The highest BCUT2D eigenvalue weighted by Gasteiger charge is 2.66. The molecule has 1 N–H and O–H groups in total. The molecular formula is C19H17F3N4O. The number of benzene rings is 1. The maximum Gasteiger partial charge on any atom is 0.442 e. The summed E-state index contributed by atoms with van der Waals surface area (Å²) in [6.07, 6.45) is -3.63. The van der Waals surface area contributed by atoms with Gasteiger partial charge in [-0.15, -0.1) is 6.58 Å². The van der Waals surface area contributed by atoms with Gasteiger partial charge in [-0.2, -0.15) is 13.2 Å². The molecule has 1 aromatic carbocycles. The van der Waals surface area contributed by atoms with Crippen LogP contribution >= 0.6 is 0 Å². The second kappa shape index (κ2) is 6.86. The number of hydrogen-bond acceptors (Lipinski definition) is 4. The fraction of sp³-hybridized carbons (Fsp3) is 0.211. The average molecular weight is 374 g/mol. The van der Waals surface area contributed by atoms with Gasteiger partial charge in [0, 0.05) is 17.8 Å². The van der Waals surface area contributed by atoms with Gasteiger partial charge in [0.1, 0.15) is 11.7 Å². The molecule has 1 aromatic heterocycles. The number of anilines is 1. The lowest BCUT2D eigenvalue weighted by molar-refractivity contribution is -0.185. The zero-order chi connectivity index (χ0) is 19.7.